The minimum Gasteiger partial charge on any atom is -0.349 e. The molecule has 0 heterocycles. The first-order chi connectivity index (χ1) is 9.68. The van der Waals surface area contributed by atoms with E-state index in [1.165, 1.54) is 12.1 Å². The molecule has 1 unspecified atom stereocenters. The number of benzene rings is 1. The van der Waals surface area contributed by atoms with E-state index in [0.29, 0.717) is 11.1 Å². The summed E-state index contributed by atoms with van der Waals surface area (Å²) in [6.45, 7) is 7.77. The number of nitrogens with one attached hydrogen (secondary N) is 1. The van der Waals surface area contributed by atoms with Gasteiger partial charge in [0.15, 0.2) is 0 Å². The van der Waals surface area contributed by atoms with Crippen LogP contribution in [0.25, 0.3) is 0 Å². The number of hydrogen-bond donors (Lipinski definition) is 1. The molecule has 0 radical (unpaired) electrons. The molecule has 1 amide bonds. The highest BCUT2D eigenvalue weighted by molar-refractivity contribution is 9.09. The van der Waals surface area contributed by atoms with Crippen LogP contribution in [0.1, 0.15) is 43.1 Å². The summed E-state index contributed by atoms with van der Waals surface area (Å²) in [7, 11) is 0. The number of nitro groups is 1. The number of halogens is 1. The second kappa shape index (κ2) is 7.02. The molecule has 5 nitrogen and oxygen atoms in total. The fourth-order valence-electron chi connectivity index (χ4n) is 2.13. The van der Waals surface area contributed by atoms with Crippen molar-refractivity contribution in [2.75, 3.05) is 5.33 Å². The van der Waals surface area contributed by atoms with Gasteiger partial charge in [0.1, 0.15) is 0 Å². The number of nitrogens with zero attached hydrogens (tertiary/aromatic N) is 1. The molecule has 116 valence electrons. The van der Waals surface area contributed by atoms with Gasteiger partial charge >= 0.3 is 0 Å². The van der Waals surface area contributed by atoms with E-state index in [1.54, 1.807) is 13.0 Å². The number of hydrogen-bond acceptors (Lipinski definition) is 3. The highest BCUT2D eigenvalue weighted by Crippen LogP contribution is 2.25. The molecule has 21 heavy (non-hydrogen) atoms. The van der Waals surface area contributed by atoms with Crippen LogP contribution in [0.2, 0.25) is 0 Å². The molecule has 1 rings (SSSR count). The van der Waals surface area contributed by atoms with Crippen LogP contribution in [0.3, 0.4) is 0 Å². The van der Waals surface area contributed by atoms with Crippen molar-refractivity contribution in [2.24, 2.45) is 5.41 Å². The third-order valence-electron chi connectivity index (χ3n) is 3.50. The van der Waals surface area contributed by atoms with Crippen molar-refractivity contribution >= 4 is 27.5 Å². The topological polar surface area (TPSA) is 72.2 Å². The van der Waals surface area contributed by atoms with E-state index in [0.717, 1.165) is 11.8 Å². The van der Waals surface area contributed by atoms with Gasteiger partial charge in [-0.25, -0.2) is 0 Å². The van der Waals surface area contributed by atoms with E-state index in [-0.39, 0.29) is 23.1 Å². The normalized spacial score (nSPS) is 12.8. The van der Waals surface area contributed by atoms with Crippen molar-refractivity contribution in [2.45, 2.75) is 40.2 Å². The van der Waals surface area contributed by atoms with E-state index in [2.05, 4.69) is 42.0 Å². The zero-order valence-electron chi connectivity index (χ0n) is 12.8. The minimum atomic E-state index is -0.466. The van der Waals surface area contributed by atoms with Crippen molar-refractivity contribution in [1.29, 1.82) is 0 Å². The summed E-state index contributed by atoms with van der Waals surface area (Å²) in [5.41, 5.74) is 0.632. The van der Waals surface area contributed by atoms with Gasteiger partial charge in [0.2, 0.25) is 0 Å². The molecule has 0 spiro atoms. The molecule has 1 aromatic rings. The molecule has 0 saturated heterocycles. The maximum absolute atomic E-state index is 12.4. The van der Waals surface area contributed by atoms with Gasteiger partial charge in [0.25, 0.3) is 11.6 Å². The first-order valence-electron chi connectivity index (χ1n) is 6.79. The average Bonchev–Trinajstić information content (AvgIpc) is 2.36. The highest BCUT2D eigenvalue weighted by Gasteiger charge is 2.27. The lowest BCUT2D eigenvalue weighted by Crippen LogP contribution is -2.44. The van der Waals surface area contributed by atoms with Crippen molar-refractivity contribution < 1.29 is 9.72 Å². The number of alkyl halides is 1. The highest BCUT2D eigenvalue weighted by atomic mass is 79.9. The summed E-state index contributed by atoms with van der Waals surface area (Å²) in [5.74, 6) is -0.267. The molecule has 6 heteroatoms. The Morgan fingerprint density at radius 2 is 2.05 bits per heavy atom. The lowest BCUT2D eigenvalue weighted by atomic mass is 9.85. The van der Waals surface area contributed by atoms with E-state index < -0.39 is 4.92 Å². The fraction of sp³-hybridized carbons (Fsp3) is 0.533. The standard InChI is InChI=1S/C15H21BrN2O3/c1-10-11(6-5-7-12(10)18(20)21)14(19)17-13(8-9-16)15(2,3)4/h5-7,13H,8-9H2,1-4H3,(H,17,19). The Hall–Kier alpha value is -1.43. The monoisotopic (exact) mass is 356 g/mol. The van der Waals surface area contributed by atoms with Gasteiger partial charge < -0.3 is 5.32 Å². The molecule has 0 bridgehead atoms. The smallest absolute Gasteiger partial charge is 0.273 e. The molecule has 0 aliphatic heterocycles. The molecule has 0 saturated carbocycles. The predicted molar refractivity (Wildman–Crippen MR) is 87.0 cm³/mol. The molecule has 0 aliphatic carbocycles. The molecule has 1 aromatic carbocycles. The van der Waals surface area contributed by atoms with Gasteiger partial charge in [-0.2, -0.15) is 0 Å². The number of carbonyl (C=O) groups excluding carboxylic acids is 1. The van der Waals surface area contributed by atoms with Crippen LogP contribution < -0.4 is 5.32 Å². The van der Waals surface area contributed by atoms with Crippen LogP contribution in [-0.4, -0.2) is 22.2 Å². The second-order valence-electron chi connectivity index (χ2n) is 6.08. The first kappa shape index (κ1) is 17.6. The molecule has 0 aromatic heterocycles. The van der Waals surface area contributed by atoms with Crippen LogP contribution in [0.15, 0.2) is 18.2 Å². The van der Waals surface area contributed by atoms with Gasteiger partial charge in [0.05, 0.1) is 4.92 Å². The lowest BCUT2D eigenvalue weighted by Gasteiger charge is -2.31. The summed E-state index contributed by atoms with van der Waals surface area (Å²) in [4.78, 5) is 22.9. The summed E-state index contributed by atoms with van der Waals surface area (Å²) in [6.07, 6.45) is 0.795. The Balaban J connectivity index is 3.04. The SMILES string of the molecule is Cc1c(C(=O)NC(CCBr)C(C)(C)C)cccc1[N+](=O)[O-]. The number of rotatable bonds is 5. The Labute approximate surface area is 133 Å². The molecule has 0 fully saturated rings. The summed E-state index contributed by atoms with van der Waals surface area (Å²) in [5, 5.41) is 14.7. The van der Waals surface area contributed by atoms with Gasteiger partial charge in [-0.3, -0.25) is 14.9 Å². The zero-order valence-corrected chi connectivity index (χ0v) is 14.4. The van der Waals surface area contributed by atoms with E-state index >= 15 is 0 Å². The first-order valence-corrected chi connectivity index (χ1v) is 7.91. The van der Waals surface area contributed by atoms with Crippen LogP contribution in [0.5, 0.6) is 0 Å². The molecular weight excluding hydrogens is 336 g/mol. The van der Waals surface area contributed by atoms with Crippen LogP contribution in [0, 0.1) is 22.5 Å². The van der Waals surface area contributed by atoms with Crippen molar-refractivity contribution in [3.8, 4) is 0 Å². The van der Waals surface area contributed by atoms with Crippen LogP contribution in [0.4, 0.5) is 5.69 Å². The summed E-state index contributed by atoms with van der Waals surface area (Å²) in [6, 6.07) is 4.55. The zero-order chi connectivity index (χ0) is 16.2. The molecule has 1 N–H and O–H groups in total. The van der Waals surface area contributed by atoms with Gasteiger partial charge in [-0.05, 0) is 24.8 Å². The third-order valence-corrected chi connectivity index (χ3v) is 3.95. The average molecular weight is 357 g/mol. The maximum atomic E-state index is 12.4. The number of nitro benzene ring substituents is 1. The summed E-state index contributed by atoms with van der Waals surface area (Å²) < 4.78 is 0. The van der Waals surface area contributed by atoms with Gasteiger partial charge in [-0.1, -0.05) is 42.8 Å². The summed E-state index contributed by atoms with van der Waals surface area (Å²) >= 11 is 3.39. The fourth-order valence-corrected chi connectivity index (χ4v) is 2.59. The Bertz CT molecular complexity index is 538. The molecular formula is C15H21BrN2O3. The predicted octanol–water partition coefficient (Wildman–Crippen LogP) is 3.83. The Morgan fingerprint density at radius 1 is 1.43 bits per heavy atom. The maximum Gasteiger partial charge on any atom is 0.273 e. The van der Waals surface area contributed by atoms with E-state index in [9.17, 15) is 14.9 Å². The van der Waals surface area contributed by atoms with E-state index in [4.69, 9.17) is 0 Å². The molecule has 1 atom stereocenters. The Morgan fingerprint density at radius 3 is 2.52 bits per heavy atom. The van der Waals surface area contributed by atoms with Crippen molar-refractivity contribution in [1.82, 2.24) is 5.32 Å². The minimum absolute atomic E-state index is 0.0111. The van der Waals surface area contributed by atoms with Crippen molar-refractivity contribution in [3.63, 3.8) is 0 Å². The van der Waals surface area contributed by atoms with Gasteiger partial charge in [0, 0.05) is 28.6 Å². The van der Waals surface area contributed by atoms with E-state index in [1.807, 2.05) is 0 Å². The number of amides is 1. The Kier molecular flexibility index (Phi) is 5.89. The van der Waals surface area contributed by atoms with Crippen LogP contribution >= 0.6 is 15.9 Å². The van der Waals surface area contributed by atoms with Crippen molar-refractivity contribution in [3.05, 3.63) is 39.4 Å². The molecule has 0 aliphatic rings. The largest absolute Gasteiger partial charge is 0.349 e. The van der Waals surface area contributed by atoms with Crippen LogP contribution in [-0.2, 0) is 0 Å². The quantitative estimate of drug-likeness (QED) is 0.494. The second-order valence-corrected chi connectivity index (χ2v) is 6.87. The lowest BCUT2D eigenvalue weighted by molar-refractivity contribution is -0.385. The van der Waals surface area contributed by atoms with Gasteiger partial charge in [-0.15, -0.1) is 0 Å². The number of carbonyl (C=O) groups is 1. The third kappa shape index (κ3) is 4.52.